The first-order valence-electron chi connectivity index (χ1n) is 10.2. The van der Waals surface area contributed by atoms with E-state index in [1.807, 2.05) is 80.6 Å². The summed E-state index contributed by atoms with van der Waals surface area (Å²) in [6.45, 7) is 3.63. The molecular formula is C25H25BrN2O4. The third-order valence-corrected chi connectivity index (χ3v) is 5.12. The highest BCUT2D eigenvalue weighted by atomic mass is 79.9. The molecule has 32 heavy (non-hydrogen) atoms. The van der Waals surface area contributed by atoms with Crippen LogP contribution in [0.2, 0.25) is 0 Å². The van der Waals surface area contributed by atoms with Crippen LogP contribution in [0.25, 0.3) is 11.1 Å². The minimum Gasteiger partial charge on any atom is -0.483 e. The largest absolute Gasteiger partial charge is 0.483 e. The van der Waals surface area contributed by atoms with Gasteiger partial charge in [0.05, 0.1) is 0 Å². The van der Waals surface area contributed by atoms with Crippen LogP contribution < -0.4 is 20.3 Å². The molecule has 3 aromatic rings. The first-order valence-corrected chi connectivity index (χ1v) is 11.0. The Morgan fingerprint density at radius 2 is 1.41 bits per heavy atom. The number of amides is 2. The highest BCUT2D eigenvalue weighted by Crippen LogP contribution is 2.30. The molecule has 0 fully saturated rings. The Labute approximate surface area is 196 Å². The Bertz CT molecular complexity index is 1070. The van der Waals surface area contributed by atoms with Crippen molar-refractivity contribution in [2.75, 3.05) is 13.2 Å². The number of para-hydroxylation sites is 1. The minimum absolute atomic E-state index is 0.223. The Morgan fingerprint density at radius 3 is 2.06 bits per heavy atom. The van der Waals surface area contributed by atoms with Crippen molar-refractivity contribution in [3.05, 3.63) is 82.8 Å². The van der Waals surface area contributed by atoms with Gasteiger partial charge in [-0.25, -0.2) is 0 Å². The van der Waals surface area contributed by atoms with Crippen LogP contribution in [0.3, 0.4) is 0 Å². The van der Waals surface area contributed by atoms with Gasteiger partial charge in [0.15, 0.2) is 13.2 Å². The van der Waals surface area contributed by atoms with Crippen molar-refractivity contribution < 1.29 is 19.1 Å². The fraction of sp³-hybridized carbons (Fsp3) is 0.200. The average Bonchev–Trinajstić information content (AvgIpc) is 2.81. The Balaban J connectivity index is 1.48. The van der Waals surface area contributed by atoms with Crippen LogP contribution in [-0.2, 0) is 9.59 Å². The van der Waals surface area contributed by atoms with E-state index in [9.17, 15) is 9.59 Å². The molecule has 0 saturated heterocycles. The number of nitrogens with one attached hydrogen (secondary N) is 2. The Kier molecular flexibility index (Phi) is 8.27. The molecule has 0 aliphatic heterocycles. The molecule has 0 heterocycles. The van der Waals surface area contributed by atoms with Gasteiger partial charge in [-0.3, -0.25) is 20.4 Å². The number of hydrazine groups is 1. The molecular weight excluding hydrogens is 472 g/mol. The molecule has 2 amide bonds. The standard InChI is InChI=1S/C25H25BrN2O4/c1-17(2)21-14-19(26)12-13-23(21)32-16-25(30)28-27-24(29)15-31-22-11-7-6-10-20(22)18-8-4-3-5-9-18/h3-14,17H,15-16H2,1-2H3,(H,27,29)(H,28,30). The molecule has 6 nitrogen and oxygen atoms in total. The lowest BCUT2D eigenvalue weighted by atomic mass is 10.0. The molecule has 0 atom stereocenters. The lowest BCUT2D eigenvalue weighted by Crippen LogP contribution is -2.45. The van der Waals surface area contributed by atoms with Gasteiger partial charge in [-0.2, -0.15) is 0 Å². The van der Waals surface area contributed by atoms with Crippen LogP contribution in [0.4, 0.5) is 0 Å². The van der Waals surface area contributed by atoms with Gasteiger partial charge in [0.25, 0.3) is 11.8 Å². The second kappa shape index (κ2) is 11.3. The number of hydrogen-bond donors (Lipinski definition) is 2. The second-order valence-electron chi connectivity index (χ2n) is 7.37. The van der Waals surface area contributed by atoms with E-state index in [-0.39, 0.29) is 19.1 Å². The van der Waals surface area contributed by atoms with Gasteiger partial charge in [-0.05, 0) is 41.3 Å². The van der Waals surface area contributed by atoms with E-state index in [1.54, 1.807) is 6.07 Å². The highest BCUT2D eigenvalue weighted by Gasteiger charge is 2.12. The van der Waals surface area contributed by atoms with E-state index in [4.69, 9.17) is 9.47 Å². The third kappa shape index (κ3) is 6.59. The number of halogens is 1. The molecule has 0 spiro atoms. The molecule has 3 aromatic carbocycles. The highest BCUT2D eigenvalue weighted by molar-refractivity contribution is 9.10. The predicted octanol–water partition coefficient (Wildman–Crippen LogP) is 4.84. The number of ether oxygens (including phenoxy) is 2. The summed E-state index contributed by atoms with van der Waals surface area (Å²) >= 11 is 3.44. The van der Waals surface area contributed by atoms with Crippen LogP contribution in [0.15, 0.2) is 77.3 Å². The summed E-state index contributed by atoms with van der Waals surface area (Å²) in [5.74, 6) is 0.500. The van der Waals surface area contributed by atoms with E-state index in [0.29, 0.717) is 11.5 Å². The summed E-state index contributed by atoms with van der Waals surface area (Å²) in [5, 5.41) is 0. The minimum atomic E-state index is -0.479. The molecule has 0 bridgehead atoms. The van der Waals surface area contributed by atoms with Crippen molar-refractivity contribution in [1.29, 1.82) is 0 Å². The first-order chi connectivity index (χ1) is 15.4. The van der Waals surface area contributed by atoms with Crippen LogP contribution in [0.5, 0.6) is 11.5 Å². The maximum absolute atomic E-state index is 12.1. The number of rotatable bonds is 8. The molecule has 0 saturated carbocycles. The van der Waals surface area contributed by atoms with Crippen molar-refractivity contribution in [2.45, 2.75) is 19.8 Å². The molecule has 0 aromatic heterocycles. The number of benzene rings is 3. The van der Waals surface area contributed by atoms with Crippen LogP contribution in [0.1, 0.15) is 25.3 Å². The Morgan fingerprint density at radius 1 is 0.812 bits per heavy atom. The molecule has 166 valence electrons. The van der Waals surface area contributed by atoms with Crippen LogP contribution in [0, 0.1) is 0 Å². The van der Waals surface area contributed by atoms with E-state index < -0.39 is 11.8 Å². The van der Waals surface area contributed by atoms with Gasteiger partial charge in [0, 0.05) is 10.0 Å². The quantitative estimate of drug-likeness (QED) is 0.437. The molecule has 0 aliphatic carbocycles. The summed E-state index contributed by atoms with van der Waals surface area (Å²) in [4.78, 5) is 24.2. The molecule has 0 aliphatic rings. The van der Waals surface area contributed by atoms with Crippen molar-refractivity contribution >= 4 is 27.7 Å². The van der Waals surface area contributed by atoms with Gasteiger partial charge >= 0.3 is 0 Å². The topological polar surface area (TPSA) is 76.7 Å². The molecule has 3 rings (SSSR count). The van der Waals surface area contributed by atoms with Gasteiger partial charge in [0.2, 0.25) is 0 Å². The van der Waals surface area contributed by atoms with Gasteiger partial charge in [0.1, 0.15) is 11.5 Å². The fourth-order valence-electron chi connectivity index (χ4n) is 3.05. The summed E-state index contributed by atoms with van der Waals surface area (Å²) in [6, 6.07) is 22.9. The fourth-order valence-corrected chi connectivity index (χ4v) is 3.43. The lowest BCUT2D eigenvalue weighted by Gasteiger charge is -2.15. The zero-order valence-corrected chi connectivity index (χ0v) is 19.5. The predicted molar refractivity (Wildman–Crippen MR) is 127 cm³/mol. The van der Waals surface area contributed by atoms with Crippen molar-refractivity contribution in [1.82, 2.24) is 10.9 Å². The van der Waals surface area contributed by atoms with Crippen molar-refractivity contribution in [2.24, 2.45) is 0 Å². The van der Waals surface area contributed by atoms with E-state index >= 15 is 0 Å². The van der Waals surface area contributed by atoms with Crippen molar-refractivity contribution in [3.63, 3.8) is 0 Å². The SMILES string of the molecule is CC(C)c1cc(Br)ccc1OCC(=O)NNC(=O)COc1ccccc1-c1ccccc1. The molecule has 0 unspecified atom stereocenters. The van der Waals surface area contributed by atoms with Crippen molar-refractivity contribution in [3.8, 4) is 22.6 Å². The zero-order valence-electron chi connectivity index (χ0n) is 17.9. The van der Waals surface area contributed by atoms with Gasteiger partial charge < -0.3 is 9.47 Å². The molecule has 7 heteroatoms. The molecule has 2 N–H and O–H groups in total. The van der Waals surface area contributed by atoms with E-state index in [0.717, 1.165) is 21.2 Å². The number of hydrogen-bond acceptors (Lipinski definition) is 4. The summed E-state index contributed by atoms with van der Waals surface area (Å²) in [7, 11) is 0. The second-order valence-corrected chi connectivity index (χ2v) is 8.29. The molecule has 0 radical (unpaired) electrons. The summed E-state index contributed by atoms with van der Waals surface area (Å²) < 4.78 is 12.2. The summed E-state index contributed by atoms with van der Waals surface area (Å²) in [6.07, 6.45) is 0. The maximum Gasteiger partial charge on any atom is 0.276 e. The number of carbonyl (C=O) groups excluding carboxylic acids is 2. The summed E-state index contributed by atoms with van der Waals surface area (Å²) in [5.41, 5.74) is 7.55. The smallest absolute Gasteiger partial charge is 0.276 e. The van der Waals surface area contributed by atoms with E-state index in [1.165, 1.54) is 0 Å². The average molecular weight is 497 g/mol. The number of carbonyl (C=O) groups is 2. The van der Waals surface area contributed by atoms with Gasteiger partial charge in [-0.15, -0.1) is 0 Å². The Hall–Kier alpha value is -3.32. The third-order valence-electron chi connectivity index (χ3n) is 4.62. The zero-order chi connectivity index (χ0) is 22.9. The van der Waals surface area contributed by atoms with E-state index in [2.05, 4.69) is 26.8 Å². The van der Waals surface area contributed by atoms with Crippen LogP contribution >= 0.6 is 15.9 Å². The lowest BCUT2D eigenvalue weighted by molar-refractivity contribution is -0.131. The maximum atomic E-state index is 12.1. The first kappa shape index (κ1) is 23.3. The van der Waals surface area contributed by atoms with Crippen LogP contribution in [-0.4, -0.2) is 25.0 Å². The van der Waals surface area contributed by atoms with Gasteiger partial charge in [-0.1, -0.05) is 78.3 Å². The normalized spacial score (nSPS) is 10.5. The monoisotopic (exact) mass is 496 g/mol.